The standard InChI is InChI=1S/C10H17NO2Si/c1-12-10(14,13-2)8-11-9-6-4-3-5-7-9/h3-7,11H,8H2,1-2,14H3. The molecule has 1 aromatic rings. The normalized spacial score (nSPS) is 11.6. The molecule has 0 aliphatic heterocycles. The Hall–Kier alpha value is -0.843. The van der Waals surface area contributed by atoms with E-state index in [4.69, 9.17) is 9.47 Å². The monoisotopic (exact) mass is 211 g/mol. The number of nitrogens with one attached hydrogen (secondary N) is 1. The first-order chi connectivity index (χ1) is 6.70. The Morgan fingerprint density at radius 3 is 2.29 bits per heavy atom. The maximum Gasteiger partial charge on any atom is 0.157 e. The summed E-state index contributed by atoms with van der Waals surface area (Å²) in [5.41, 5.74) is 0.650. The van der Waals surface area contributed by atoms with Crippen molar-refractivity contribution in [1.82, 2.24) is 0 Å². The summed E-state index contributed by atoms with van der Waals surface area (Å²) in [6.45, 7) is 0.677. The molecule has 0 aliphatic carbocycles. The number of para-hydroxylation sites is 1. The van der Waals surface area contributed by atoms with Crippen molar-refractivity contribution in [2.75, 3.05) is 26.1 Å². The molecule has 0 atom stereocenters. The third-order valence-corrected chi connectivity index (χ3v) is 3.42. The highest BCUT2D eigenvalue weighted by molar-refractivity contribution is 6.13. The van der Waals surface area contributed by atoms with E-state index < -0.39 is 5.41 Å². The zero-order valence-corrected chi connectivity index (χ0v) is 10.9. The van der Waals surface area contributed by atoms with E-state index in [1.807, 2.05) is 30.3 Å². The predicted octanol–water partition coefficient (Wildman–Crippen LogP) is 0.411. The van der Waals surface area contributed by atoms with Gasteiger partial charge >= 0.3 is 0 Å². The van der Waals surface area contributed by atoms with Gasteiger partial charge in [0.05, 0.1) is 16.8 Å². The van der Waals surface area contributed by atoms with Crippen LogP contribution in [0.3, 0.4) is 0 Å². The molecule has 0 amide bonds. The van der Waals surface area contributed by atoms with Crippen LogP contribution in [0.2, 0.25) is 0 Å². The first-order valence-electron chi connectivity index (χ1n) is 4.59. The summed E-state index contributed by atoms with van der Waals surface area (Å²) in [5.74, 6) is 0. The third-order valence-electron chi connectivity index (χ3n) is 2.25. The van der Waals surface area contributed by atoms with Crippen LogP contribution in [0.25, 0.3) is 0 Å². The summed E-state index contributed by atoms with van der Waals surface area (Å²) in [5, 5.41) is 3.27. The summed E-state index contributed by atoms with van der Waals surface area (Å²) in [6, 6.07) is 10.0. The quantitative estimate of drug-likeness (QED) is 0.565. The van der Waals surface area contributed by atoms with E-state index in [0.29, 0.717) is 6.54 Å². The van der Waals surface area contributed by atoms with Gasteiger partial charge in [0.2, 0.25) is 0 Å². The van der Waals surface area contributed by atoms with Crippen molar-refractivity contribution < 1.29 is 9.47 Å². The van der Waals surface area contributed by atoms with E-state index in [-0.39, 0.29) is 0 Å². The average Bonchev–Trinajstić information content (AvgIpc) is 2.27. The Balaban J connectivity index is 2.48. The maximum absolute atomic E-state index is 5.29. The molecule has 0 unspecified atom stereocenters. The molecule has 1 N–H and O–H groups in total. The molecule has 0 bridgehead atoms. The van der Waals surface area contributed by atoms with Gasteiger partial charge in [0, 0.05) is 19.9 Å². The highest BCUT2D eigenvalue weighted by Gasteiger charge is 2.21. The van der Waals surface area contributed by atoms with Crippen molar-refractivity contribution in [3.63, 3.8) is 0 Å². The van der Waals surface area contributed by atoms with Crippen LogP contribution in [0.4, 0.5) is 5.69 Å². The molecule has 0 heterocycles. The molecule has 0 fully saturated rings. The van der Waals surface area contributed by atoms with Gasteiger partial charge in [-0.2, -0.15) is 0 Å². The molecular formula is C10H17NO2Si. The van der Waals surface area contributed by atoms with E-state index >= 15 is 0 Å². The molecule has 0 saturated carbocycles. The Labute approximate surface area is 87.8 Å². The topological polar surface area (TPSA) is 30.5 Å². The Kier molecular flexibility index (Phi) is 4.12. The van der Waals surface area contributed by atoms with Gasteiger partial charge in [-0.05, 0) is 12.1 Å². The molecule has 0 saturated heterocycles. The van der Waals surface area contributed by atoms with Crippen molar-refractivity contribution in [3.8, 4) is 0 Å². The van der Waals surface area contributed by atoms with E-state index in [1.54, 1.807) is 14.2 Å². The molecular weight excluding hydrogens is 194 g/mol. The van der Waals surface area contributed by atoms with Gasteiger partial charge in [-0.15, -0.1) is 0 Å². The van der Waals surface area contributed by atoms with Crippen molar-refractivity contribution in [3.05, 3.63) is 30.3 Å². The van der Waals surface area contributed by atoms with E-state index in [0.717, 1.165) is 15.9 Å². The molecule has 0 aliphatic rings. The van der Waals surface area contributed by atoms with Gasteiger partial charge < -0.3 is 14.8 Å². The third kappa shape index (κ3) is 3.14. The minimum atomic E-state index is -0.435. The second-order valence-electron chi connectivity index (χ2n) is 3.26. The van der Waals surface area contributed by atoms with Gasteiger partial charge in [0.25, 0.3) is 0 Å². The summed E-state index contributed by atoms with van der Waals surface area (Å²) >= 11 is 0. The Morgan fingerprint density at radius 2 is 1.79 bits per heavy atom. The Bertz CT molecular complexity index is 262. The van der Waals surface area contributed by atoms with Crippen LogP contribution in [-0.4, -0.2) is 36.4 Å². The number of benzene rings is 1. The number of anilines is 1. The molecule has 0 spiro atoms. The minimum absolute atomic E-state index is 0.435. The van der Waals surface area contributed by atoms with Crippen molar-refractivity contribution in [1.29, 1.82) is 0 Å². The largest absolute Gasteiger partial charge is 0.380 e. The van der Waals surface area contributed by atoms with Crippen LogP contribution < -0.4 is 5.32 Å². The zero-order valence-electron chi connectivity index (χ0n) is 8.91. The number of hydrogen-bond acceptors (Lipinski definition) is 3. The van der Waals surface area contributed by atoms with E-state index in [9.17, 15) is 0 Å². The fraction of sp³-hybridized carbons (Fsp3) is 0.400. The lowest BCUT2D eigenvalue weighted by molar-refractivity contribution is -0.131. The van der Waals surface area contributed by atoms with Gasteiger partial charge in [-0.3, -0.25) is 0 Å². The van der Waals surface area contributed by atoms with Crippen LogP contribution in [-0.2, 0) is 9.47 Å². The zero-order chi connectivity index (χ0) is 10.4. The number of methoxy groups -OCH3 is 2. The SMILES string of the molecule is COC([SiH3])(CNc1ccccc1)OC. The lowest BCUT2D eigenvalue weighted by atomic mass is 10.3. The Morgan fingerprint density at radius 1 is 1.21 bits per heavy atom. The van der Waals surface area contributed by atoms with Crippen LogP contribution >= 0.6 is 0 Å². The first kappa shape index (κ1) is 11.2. The molecule has 78 valence electrons. The fourth-order valence-electron chi connectivity index (χ4n) is 1.05. The van der Waals surface area contributed by atoms with E-state index in [1.165, 1.54) is 0 Å². The van der Waals surface area contributed by atoms with Crippen molar-refractivity contribution in [2.24, 2.45) is 0 Å². The molecule has 0 radical (unpaired) electrons. The predicted molar refractivity (Wildman–Crippen MR) is 61.6 cm³/mol. The van der Waals surface area contributed by atoms with Gasteiger partial charge in [0.1, 0.15) is 0 Å². The summed E-state index contributed by atoms with van der Waals surface area (Å²) in [7, 11) is 4.16. The molecule has 1 rings (SSSR count). The second-order valence-corrected chi connectivity index (χ2v) is 4.79. The average molecular weight is 211 g/mol. The van der Waals surface area contributed by atoms with E-state index in [2.05, 4.69) is 5.32 Å². The van der Waals surface area contributed by atoms with Gasteiger partial charge in [0.15, 0.2) is 5.41 Å². The molecule has 1 aromatic carbocycles. The summed E-state index contributed by atoms with van der Waals surface area (Å²) < 4.78 is 10.6. The van der Waals surface area contributed by atoms with Crippen LogP contribution in [0.5, 0.6) is 0 Å². The van der Waals surface area contributed by atoms with Crippen LogP contribution in [0.1, 0.15) is 0 Å². The van der Waals surface area contributed by atoms with Crippen molar-refractivity contribution >= 4 is 15.9 Å². The fourth-order valence-corrected chi connectivity index (χ4v) is 1.22. The lowest BCUT2D eigenvalue weighted by Gasteiger charge is -2.27. The first-order valence-corrected chi connectivity index (χ1v) is 5.59. The van der Waals surface area contributed by atoms with Crippen molar-refractivity contribution in [2.45, 2.75) is 5.41 Å². The molecule has 0 aromatic heterocycles. The van der Waals surface area contributed by atoms with Gasteiger partial charge in [-0.1, -0.05) is 18.2 Å². The van der Waals surface area contributed by atoms with Crippen LogP contribution in [0, 0.1) is 0 Å². The molecule has 14 heavy (non-hydrogen) atoms. The summed E-state index contributed by atoms with van der Waals surface area (Å²) in [6.07, 6.45) is 0. The van der Waals surface area contributed by atoms with Crippen LogP contribution in [0.15, 0.2) is 30.3 Å². The maximum atomic E-state index is 5.29. The second kappa shape index (κ2) is 5.14. The highest BCUT2D eigenvalue weighted by atomic mass is 28.1. The smallest absolute Gasteiger partial charge is 0.157 e. The van der Waals surface area contributed by atoms with Gasteiger partial charge in [-0.25, -0.2) is 0 Å². The highest BCUT2D eigenvalue weighted by Crippen LogP contribution is 2.10. The number of hydrogen-bond donors (Lipinski definition) is 1. The lowest BCUT2D eigenvalue weighted by Crippen LogP contribution is -2.41. The number of rotatable bonds is 5. The molecule has 4 heteroatoms. The molecule has 3 nitrogen and oxygen atoms in total. The summed E-state index contributed by atoms with van der Waals surface area (Å²) in [4.78, 5) is 0. The minimum Gasteiger partial charge on any atom is -0.380 e. The number of ether oxygens (including phenoxy) is 2.